The number of alkyl halides is 3. The maximum atomic E-state index is 13.6. The molecule has 0 saturated carbocycles. The number of rotatable bonds is 4. The number of carbonyl (C=O) groups excluding carboxylic acids is 1. The van der Waals surface area contributed by atoms with E-state index < -0.39 is 23.5 Å². The molecule has 3 nitrogen and oxygen atoms in total. The number of thiazole rings is 1. The Labute approximate surface area is 162 Å². The molecule has 8 heteroatoms. The summed E-state index contributed by atoms with van der Waals surface area (Å²) in [5.41, 5.74) is 7.18. The highest BCUT2D eigenvalue weighted by atomic mass is 32.1. The van der Waals surface area contributed by atoms with Crippen LogP contribution in [0.3, 0.4) is 0 Å². The van der Waals surface area contributed by atoms with Gasteiger partial charge in [0, 0.05) is 12.0 Å². The van der Waals surface area contributed by atoms with Crippen molar-refractivity contribution < 1.29 is 22.4 Å². The molecule has 0 aliphatic carbocycles. The zero-order valence-corrected chi connectivity index (χ0v) is 15.8. The normalized spacial score (nSPS) is 11.6. The summed E-state index contributed by atoms with van der Waals surface area (Å²) >= 11 is 1.32. The van der Waals surface area contributed by atoms with E-state index in [4.69, 9.17) is 5.73 Å². The van der Waals surface area contributed by atoms with Crippen molar-refractivity contribution in [3.05, 3.63) is 75.2 Å². The fourth-order valence-corrected chi connectivity index (χ4v) is 4.06. The van der Waals surface area contributed by atoms with Crippen molar-refractivity contribution in [2.45, 2.75) is 26.4 Å². The third-order valence-electron chi connectivity index (χ3n) is 4.24. The predicted molar refractivity (Wildman–Crippen MR) is 99.7 cm³/mol. The standard InChI is InChI=1S/C20H16F4N2OS/c1-10-5-13(3-4-16(10)19(25)27)18-11(2)26-17(28-18)8-12-6-14(20(22,23)24)9-15(21)7-12/h3-7,9H,8H2,1-2H3,(H2,25,27). The van der Waals surface area contributed by atoms with Crippen LogP contribution in [0.5, 0.6) is 0 Å². The van der Waals surface area contributed by atoms with Gasteiger partial charge in [0.2, 0.25) is 5.91 Å². The van der Waals surface area contributed by atoms with E-state index in [1.807, 2.05) is 6.07 Å². The van der Waals surface area contributed by atoms with Gasteiger partial charge in [0.25, 0.3) is 0 Å². The largest absolute Gasteiger partial charge is 0.416 e. The lowest BCUT2D eigenvalue weighted by molar-refractivity contribution is -0.137. The fourth-order valence-electron chi connectivity index (χ4n) is 2.97. The molecule has 3 rings (SSSR count). The quantitative estimate of drug-likeness (QED) is 0.598. The van der Waals surface area contributed by atoms with Crippen LogP contribution in [-0.4, -0.2) is 10.9 Å². The Balaban J connectivity index is 1.92. The molecule has 2 aromatic carbocycles. The summed E-state index contributed by atoms with van der Waals surface area (Å²) in [7, 11) is 0. The molecular formula is C20H16F4N2OS. The van der Waals surface area contributed by atoms with E-state index in [1.54, 1.807) is 26.0 Å². The van der Waals surface area contributed by atoms with Crippen molar-refractivity contribution in [1.29, 1.82) is 0 Å². The van der Waals surface area contributed by atoms with Gasteiger partial charge < -0.3 is 5.73 Å². The van der Waals surface area contributed by atoms with E-state index in [0.717, 1.165) is 28.1 Å². The fraction of sp³-hybridized carbons (Fsp3) is 0.200. The molecule has 1 amide bonds. The van der Waals surface area contributed by atoms with Gasteiger partial charge in [-0.05, 0) is 60.9 Å². The highest BCUT2D eigenvalue weighted by Gasteiger charge is 2.31. The maximum absolute atomic E-state index is 13.6. The molecule has 0 saturated heterocycles. The average molecular weight is 408 g/mol. The Kier molecular flexibility index (Phi) is 5.25. The Morgan fingerprint density at radius 1 is 1.14 bits per heavy atom. The van der Waals surface area contributed by atoms with E-state index in [-0.39, 0.29) is 12.0 Å². The lowest BCUT2D eigenvalue weighted by atomic mass is 10.0. The molecule has 2 N–H and O–H groups in total. The summed E-state index contributed by atoms with van der Waals surface area (Å²) in [6.07, 6.45) is -4.52. The summed E-state index contributed by atoms with van der Waals surface area (Å²) in [6.45, 7) is 3.56. The summed E-state index contributed by atoms with van der Waals surface area (Å²) in [5.74, 6) is -1.45. The van der Waals surface area contributed by atoms with E-state index in [9.17, 15) is 22.4 Å². The molecule has 28 heavy (non-hydrogen) atoms. The van der Waals surface area contributed by atoms with E-state index in [2.05, 4.69) is 4.98 Å². The van der Waals surface area contributed by atoms with Crippen molar-refractivity contribution in [3.63, 3.8) is 0 Å². The van der Waals surface area contributed by atoms with Gasteiger partial charge in [-0.2, -0.15) is 13.2 Å². The predicted octanol–water partition coefficient (Wildman–Crippen LogP) is 5.27. The Bertz CT molecular complexity index is 1060. The summed E-state index contributed by atoms with van der Waals surface area (Å²) in [4.78, 5) is 16.6. The van der Waals surface area contributed by atoms with E-state index in [0.29, 0.717) is 22.3 Å². The number of nitrogens with zero attached hydrogens (tertiary/aromatic N) is 1. The van der Waals surface area contributed by atoms with Crippen LogP contribution < -0.4 is 5.73 Å². The number of amides is 1. The molecule has 0 radical (unpaired) electrons. The Morgan fingerprint density at radius 2 is 1.86 bits per heavy atom. The van der Waals surface area contributed by atoms with Crippen LogP contribution in [-0.2, 0) is 12.6 Å². The second kappa shape index (κ2) is 7.35. The SMILES string of the molecule is Cc1cc(-c2sc(Cc3cc(F)cc(C(F)(F)F)c3)nc2C)ccc1C(N)=O. The second-order valence-corrected chi connectivity index (χ2v) is 7.52. The molecule has 0 aliphatic heterocycles. The van der Waals surface area contributed by atoms with Gasteiger partial charge in [-0.25, -0.2) is 9.37 Å². The molecule has 1 heterocycles. The van der Waals surface area contributed by atoms with Crippen LogP contribution in [0.2, 0.25) is 0 Å². The lowest BCUT2D eigenvalue weighted by Gasteiger charge is -2.08. The molecule has 0 atom stereocenters. The van der Waals surface area contributed by atoms with Gasteiger partial charge in [-0.15, -0.1) is 11.3 Å². The minimum Gasteiger partial charge on any atom is -0.366 e. The van der Waals surface area contributed by atoms with Crippen LogP contribution in [0.15, 0.2) is 36.4 Å². The molecule has 0 spiro atoms. The van der Waals surface area contributed by atoms with Crippen molar-refractivity contribution in [1.82, 2.24) is 4.98 Å². The number of benzene rings is 2. The monoisotopic (exact) mass is 408 g/mol. The molecule has 0 unspecified atom stereocenters. The van der Waals surface area contributed by atoms with Crippen molar-refractivity contribution >= 4 is 17.2 Å². The van der Waals surface area contributed by atoms with E-state index >= 15 is 0 Å². The lowest BCUT2D eigenvalue weighted by Crippen LogP contribution is -2.12. The van der Waals surface area contributed by atoms with Gasteiger partial charge in [0.15, 0.2) is 0 Å². The first kappa shape index (κ1) is 20.0. The van der Waals surface area contributed by atoms with Crippen LogP contribution in [0, 0.1) is 19.7 Å². The maximum Gasteiger partial charge on any atom is 0.416 e. The Morgan fingerprint density at radius 3 is 2.46 bits per heavy atom. The van der Waals surface area contributed by atoms with Crippen molar-refractivity contribution in [3.8, 4) is 10.4 Å². The number of halogens is 4. The average Bonchev–Trinajstić information content (AvgIpc) is 2.93. The third kappa shape index (κ3) is 4.22. The molecule has 0 aliphatic rings. The van der Waals surface area contributed by atoms with Crippen LogP contribution in [0.1, 0.15) is 37.7 Å². The van der Waals surface area contributed by atoms with Gasteiger partial charge in [0.1, 0.15) is 5.82 Å². The third-order valence-corrected chi connectivity index (χ3v) is 5.44. The molecule has 146 valence electrons. The topological polar surface area (TPSA) is 56.0 Å². The van der Waals surface area contributed by atoms with Crippen molar-refractivity contribution in [2.75, 3.05) is 0 Å². The highest BCUT2D eigenvalue weighted by Crippen LogP contribution is 2.34. The first-order valence-electron chi connectivity index (χ1n) is 8.28. The van der Waals surface area contributed by atoms with Crippen LogP contribution in [0.4, 0.5) is 17.6 Å². The summed E-state index contributed by atoms with van der Waals surface area (Å²) in [5, 5.41) is 0.572. The van der Waals surface area contributed by atoms with Crippen LogP contribution >= 0.6 is 11.3 Å². The second-order valence-electron chi connectivity index (χ2n) is 6.44. The highest BCUT2D eigenvalue weighted by molar-refractivity contribution is 7.15. The molecule has 3 aromatic rings. The van der Waals surface area contributed by atoms with Gasteiger partial charge in [0.05, 0.1) is 21.1 Å². The number of hydrogen-bond acceptors (Lipinski definition) is 3. The zero-order valence-electron chi connectivity index (χ0n) is 15.0. The Hall–Kier alpha value is -2.74. The van der Waals surface area contributed by atoms with Crippen molar-refractivity contribution in [2.24, 2.45) is 5.73 Å². The summed E-state index contributed by atoms with van der Waals surface area (Å²) < 4.78 is 52.3. The minimum absolute atomic E-state index is 0.0880. The number of hydrogen-bond donors (Lipinski definition) is 1. The molecule has 0 fully saturated rings. The number of nitrogens with two attached hydrogens (primary N) is 1. The van der Waals surface area contributed by atoms with Gasteiger partial charge >= 0.3 is 6.18 Å². The van der Waals surface area contributed by atoms with Gasteiger partial charge in [-0.1, -0.05) is 6.07 Å². The number of aryl methyl sites for hydroxylation is 2. The number of carbonyl (C=O) groups is 1. The number of aromatic nitrogens is 1. The summed E-state index contributed by atoms with van der Waals surface area (Å²) in [6, 6.07) is 7.69. The molecule has 1 aromatic heterocycles. The van der Waals surface area contributed by atoms with E-state index in [1.165, 1.54) is 11.3 Å². The minimum atomic E-state index is -4.61. The number of primary amides is 1. The molecular weight excluding hydrogens is 392 g/mol. The van der Waals surface area contributed by atoms with Gasteiger partial charge in [-0.3, -0.25) is 4.79 Å². The first-order valence-corrected chi connectivity index (χ1v) is 9.10. The molecule has 0 bridgehead atoms. The zero-order chi connectivity index (χ0) is 20.6. The van der Waals surface area contributed by atoms with Crippen LogP contribution in [0.25, 0.3) is 10.4 Å². The first-order chi connectivity index (χ1) is 13.0. The smallest absolute Gasteiger partial charge is 0.366 e.